The summed E-state index contributed by atoms with van der Waals surface area (Å²) in [6.07, 6.45) is 3.29. The summed E-state index contributed by atoms with van der Waals surface area (Å²) < 4.78 is 0. The molecule has 0 saturated heterocycles. The number of nitrogens with zero attached hydrogens (tertiary/aromatic N) is 1. The van der Waals surface area contributed by atoms with Crippen molar-refractivity contribution in [2.75, 3.05) is 19.6 Å². The van der Waals surface area contributed by atoms with Gasteiger partial charge in [-0.3, -0.25) is 4.90 Å². The van der Waals surface area contributed by atoms with Crippen LogP contribution in [0.2, 0.25) is 0 Å². The van der Waals surface area contributed by atoms with E-state index in [-0.39, 0.29) is 6.54 Å². The highest BCUT2D eigenvalue weighted by Gasteiger charge is 2.37. The Morgan fingerprint density at radius 3 is 2.65 bits per heavy atom. The van der Waals surface area contributed by atoms with Crippen molar-refractivity contribution in [3.63, 3.8) is 0 Å². The minimum atomic E-state index is -1.68. The summed E-state index contributed by atoms with van der Waals surface area (Å²) in [5, 5.41) is 18.8. The minimum Gasteiger partial charge on any atom is -0.479 e. The van der Waals surface area contributed by atoms with Gasteiger partial charge in [0.1, 0.15) is 0 Å². The van der Waals surface area contributed by atoms with Gasteiger partial charge in [0.15, 0.2) is 5.60 Å². The number of nitrogens with two attached hydrogens (primary N) is 1. The fourth-order valence-electron chi connectivity index (χ4n) is 2.70. The van der Waals surface area contributed by atoms with Crippen molar-refractivity contribution in [2.45, 2.75) is 44.8 Å². The topological polar surface area (TPSA) is 86.8 Å². The quantitative estimate of drug-likeness (QED) is 0.624. The fourth-order valence-corrected chi connectivity index (χ4v) is 2.70. The number of carbonyl (C=O) groups is 1. The predicted octanol–water partition coefficient (Wildman–Crippen LogP) is 0.271. The SMILES string of the molecule is CCN(CC(C)(O)C(=O)O)C1CCCC1CN. The monoisotopic (exact) mass is 244 g/mol. The average molecular weight is 244 g/mol. The highest BCUT2D eigenvalue weighted by atomic mass is 16.4. The van der Waals surface area contributed by atoms with Gasteiger partial charge in [-0.2, -0.15) is 0 Å². The van der Waals surface area contributed by atoms with Crippen LogP contribution in [0.3, 0.4) is 0 Å². The Labute approximate surface area is 103 Å². The van der Waals surface area contributed by atoms with Gasteiger partial charge in [0.25, 0.3) is 0 Å². The van der Waals surface area contributed by atoms with Gasteiger partial charge < -0.3 is 15.9 Å². The van der Waals surface area contributed by atoms with Crippen LogP contribution in [0, 0.1) is 5.92 Å². The molecule has 0 aromatic heterocycles. The molecule has 0 aromatic rings. The predicted molar refractivity (Wildman–Crippen MR) is 65.7 cm³/mol. The Hall–Kier alpha value is -0.650. The van der Waals surface area contributed by atoms with E-state index in [1.165, 1.54) is 6.92 Å². The molecule has 0 heterocycles. The Kier molecular flexibility index (Phi) is 4.91. The van der Waals surface area contributed by atoms with E-state index in [4.69, 9.17) is 10.8 Å². The van der Waals surface area contributed by atoms with Crippen molar-refractivity contribution >= 4 is 5.97 Å². The van der Waals surface area contributed by atoms with Crippen LogP contribution >= 0.6 is 0 Å². The lowest BCUT2D eigenvalue weighted by atomic mass is 9.99. The van der Waals surface area contributed by atoms with E-state index >= 15 is 0 Å². The number of hydrogen-bond acceptors (Lipinski definition) is 4. The summed E-state index contributed by atoms with van der Waals surface area (Å²) >= 11 is 0. The molecule has 17 heavy (non-hydrogen) atoms. The highest BCUT2D eigenvalue weighted by molar-refractivity contribution is 5.76. The maximum absolute atomic E-state index is 10.9. The van der Waals surface area contributed by atoms with E-state index in [1.54, 1.807) is 0 Å². The number of likely N-dealkylation sites (N-methyl/N-ethyl adjacent to an activating group) is 1. The first kappa shape index (κ1) is 14.4. The van der Waals surface area contributed by atoms with E-state index in [0.29, 0.717) is 18.5 Å². The number of aliphatic hydroxyl groups is 1. The molecule has 1 aliphatic carbocycles. The molecule has 1 aliphatic rings. The van der Waals surface area contributed by atoms with Crippen molar-refractivity contribution in [3.05, 3.63) is 0 Å². The van der Waals surface area contributed by atoms with Crippen molar-refractivity contribution in [3.8, 4) is 0 Å². The zero-order valence-corrected chi connectivity index (χ0v) is 10.7. The summed E-state index contributed by atoms with van der Waals surface area (Å²) in [7, 11) is 0. The normalized spacial score (nSPS) is 28.3. The Morgan fingerprint density at radius 1 is 1.53 bits per heavy atom. The van der Waals surface area contributed by atoms with E-state index in [0.717, 1.165) is 25.8 Å². The molecule has 0 radical (unpaired) electrons. The van der Waals surface area contributed by atoms with Crippen LogP contribution in [0.5, 0.6) is 0 Å². The van der Waals surface area contributed by atoms with Gasteiger partial charge in [-0.1, -0.05) is 13.3 Å². The molecule has 3 atom stereocenters. The second-order valence-corrected chi connectivity index (χ2v) is 5.14. The Balaban J connectivity index is 2.68. The molecule has 0 aromatic carbocycles. The molecule has 0 spiro atoms. The smallest absolute Gasteiger partial charge is 0.336 e. The molecule has 0 amide bonds. The molecule has 0 aliphatic heterocycles. The van der Waals surface area contributed by atoms with E-state index < -0.39 is 11.6 Å². The molecule has 5 nitrogen and oxygen atoms in total. The van der Waals surface area contributed by atoms with Crippen LogP contribution in [-0.2, 0) is 4.79 Å². The number of aliphatic carboxylic acids is 1. The van der Waals surface area contributed by atoms with Gasteiger partial charge in [-0.15, -0.1) is 0 Å². The third-order valence-corrected chi connectivity index (χ3v) is 3.77. The standard InChI is InChI=1S/C12H24N2O3/c1-3-14(8-12(2,17)11(15)16)10-6-4-5-9(10)7-13/h9-10,17H,3-8,13H2,1-2H3,(H,15,16). The number of carboxylic acid groups (broad SMARTS) is 1. The van der Waals surface area contributed by atoms with Crippen molar-refractivity contribution in [1.82, 2.24) is 4.90 Å². The lowest BCUT2D eigenvalue weighted by molar-refractivity contribution is -0.159. The number of hydrogen-bond donors (Lipinski definition) is 3. The van der Waals surface area contributed by atoms with Gasteiger partial charge >= 0.3 is 5.97 Å². The third-order valence-electron chi connectivity index (χ3n) is 3.77. The second kappa shape index (κ2) is 5.80. The Morgan fingerprint density at radius 2 is 2.18 bits per heavy atom. The molecule has 4 N–H and O–H groups in total. The zero-order valence-electron chi connectivity index (χ0n) is 10.7. The molecule has 1 rings (SSSR count). The van der Waals surface area contributed by atoms with Gasteiger partial charge in [-0.05, 0) is 38.8 Å². The van der Waals surface area contributed by atoms with Crippen LogP contribution in [0.25, 0.3) is 0 Å². The minimum absolute atomic E-state index is 0.167. The van der Waals surface area contributed by atoms with Crippen molar-refractivity contribution in [2.24, 2.45) is 11.7 Å². The first-order chi connectivity index (χ1) is 7.92. The average Bonchev–Trinajstić information content (AvgIpc) is 2.73. The summed E-state index contributed by atoms with van der Waals surface area (Å²) in [4.78, 5) is 13.0. The molecule has 100 valence electrons. The lowest BCUT2D eigenvalue weighted by Crippen LogP contribution is -2.51. The summed E-state index contributed by atoms with van der Waals surface area (Å²) in [6, 6.07) is 0.316. The number of carboxylic acids is 1. The molecule has 3 unspecified atom stereocenters. The molecule has 1 fully saturated rings. The van der Waals surface area contributed by atoms with Crippen LogP contribution in [0.4, 0.5) is 0 Å². The lowest BCUT2D eigenvalue weighted by Gasteiger charge is -2.35. The van der Waals surface area contributed by atoms with Gasteiger partial charge in [0, 0.05) is 12.6 Å². The third kappa shape index (κ3) is 3.40. The van der Waals surface area contributed by atoms with E-state index in [1.807, 2.05) is 6.92 Å². The second-order valence-electron chi connectivity index (χ2n) is 5.14. The zero-order chi connectivity index (χ0) is 13.1. The van der Waals surface area contributed by atoms with Crippen LogP contribution in [0.15, 0.2) is 0 Å². The summed E-state index contributed by atoms with van der Waals surface area (Å²) in [5.41, 5.74) is 4.05. The van der Waals surface area contributed by atoms with Gasteiger partial charge in [0.05, 0.1) is 0 Å². The summed E-state index contributed by atoms with van der Waals surface area (Å²) in [5.74, 6) is -0.738. The fraction of sp³-hybridized carbons (Fsp3) is 0.917. The van der Waals surface area contributed by atoms with Crippen LogP contribution in [0.1, 0.15) is 33.1 Å². The molecule has 5 heteroatoms. The largest absolute Gasteiger partial charge is 0.479 e. The highest BCUT2D eigenvalue weighted by Crippen LogP contribution is 2.30. The van der Waals surface area contributed by atoms with E-state index in [9.17, 15) is 9.90 Å². The maximum Gasteiger partial charge on any atom is 0.336 e. The number of rotatable bonds is 6. The maximum atomic E-state index is 10.9. The summed E-state index contributed by atoms with van der Waals surface area (Å²) in [6.45, 7) is 4.88. The molecular weight excluding hydrogens is 220 g/mol. The van der Waals surface area contributed by atoms with Crippen molar-refractivity contribution in [1.29, 1.82) is 0 Å². The van der Waals surface area contributed by atoms with E-state index in [2.05, 4.69) is 4.90 Å². The first-order valence-corrected chi connectivity index (χ1v) is 6.32. The van der Waals surface area contributed by atoms with Crippen LogP contribution < -0.4 is 5.73 Å². The van der Waals surface area contributed by atoms with Crippen molar-refractivity contribution < 1.29 is 15.0 Å². The van der Waals surface area contributed by atoms with Gasteiger partial charge in [-0.25, -0.2) is 4.79 Å². The van der Waals surface area contributed by atoms with Crippen LogP contribution in [-0.4, -0.2) is 52.4 Å². The molecule has 0 bridgehead atoms. The molecule has 1 saturated carbocycles. The Bertz CT molecular complexity index is 268. The first-order valence-electron chi connectivity index (χ1n) is 6.32. The van der Waals surface area contributed by atoms with Gasteiger partial charge in [0.2, 0.25) is 0 Å². The molecular formula is C12H24N2O3.